The number of nitrogens with zero attached hydrogens (tertiary/aromatic N) is 1. The molecular formula is C13H11ClF4N2O2. The molecule has 22 heavy (non-hydrogen) atoms. The fourth-order valence-corrected chi connectivity index (χ4v) is 2.46. The molecule has 0 unspecified atom stereocenters. The first-order valence-electron chi connectivity index (χ1n) is 6.27. The van der Waals surface area contributed by atoms with Gasteiger partial charge < -0.3 is 10.2 Å². The van der Waals surface area contributed by atoms with Gasteiger partial charge in [-0.05, 0) is 12.1 Å². The molecule has 1 N–H and O–H groups in total. The van der Waals surface area contributed by atoms with Gasteiger partial charge in [0.2, 0.25) is 5.91 Å². The molecule has 120 valence electrons. The lowest BCUT2D eigenvalue weighted by Gasteiger charge is -2.18. The lowest BCUT2D eigenvalue weighted by Crippen LogP contribution is -2.40. The quantitative estimate of drug-likeness (QED) is 0.860. The van der Waals surface area contributed by atoms with Crippen LogP contribution in [0.2, 0.25) is 5.02 Å². The first-order valence-corrected chi connectivity index (χ1v) is 6.64. The van der Waals surface area contributed by atoms with Crippen LogP contribution in [0.5, 0.6) is 0 Å². The number of nitrogens with one attached hydrogen (secondary N) is 1. The minimum absolute atomic E-state index is 0.117. The van der Waals surface area contributed by atoms with E-state index < -0.39 is 42.0 Å². The van der Waals surface area contributed by atoms with E-state index in [0.717, 1.165) is 6.07 Å². The zero-order valence-corrected chi connectivity index (χ0v) is 11.8. The molecule has 1 aromatic carbocycles. The van der Waals surface area contributed by atoms with Crippen LogP contribution < -0.4 is 5.32 Å². The highest BCUT2D eigenvalue weighted by Gasteiger charge is 2.39. The van der Waals surface area contributed by atoms with Crippen LogP contribution >= 0.6 is 11.6 Å². The van der Waals surface area contributed by atoms with E-state index in [4.69, 9.17) is 11.6 Å². The minimum Gasteiger partial charge on any atom is -0.347 e. The second-order valence-corrected chi connectivity index (χ2v) is 5.27. The average Bonchev–Trinajstić information content (AvgIpc) is 2.66. The van der Waals surface area contributed by atoms with Gasteiger partial charge >= 0.3 is 6.18 Å². The fourth-order valence-electron chi connectivity index (χ4n) is 2.21. The largest absolute Gasteiger partial charge is 0.406 e. The molecule has 0 bridgehead atoms. The number of hydrogen-bond donors (Lipinski definition) is 1. The Morgan fingerprint density at radius 2 is 2.09 bits per heavy atom. The highest BCUT2D eigenvalue weighted by molar-refractivity contribution is 6.33. The molecule has 1 fully saturated rings. The maximum Gasteiger partial charge on any atom is 0.406 e. The van der Waals surface area contributed by atoms with Gasteiger partial charge in [-0.15, -0.1) is 0 Å². The van der Waals surface area contributed by atoms with Crippen LogP contribution in [0, 0.1) is 5.82 Å². The zero-order valence-electron chi connectivity index (χ0n) is 11.1. The lowest BCUT2D eigenvalue weighted by molar-refractivity contribution is -0.157. The number of rotatable bonds is 3. The number of amides is 2. The summed E-state index contributed by atoms with van der Waals surface area (Å²) in [6.07, 6.45) is -4.78. The van der Waals surface area contributed by atoms with Crippen LogP contribution in [0.1, 0.15) is 16.8 Å². The fraction of sp³-hybridized carbons (Fsp3) is 0.385. The molecule has 1 aliphatic rings. The van der Waals surface area contributed by atoms with Crippen LogP contribution in [0.25, 0.3) is 0 Å². The van der Waals surface area contributed by atoms with Crippen molar-refractivity contribution < 1.29 is 27.2 Å². The van der Waals surface area contributed by atoms with Crippen LogP contribution in [0.15, 0.2) is 18.2 Å². The third-order valence-electron chi connectivity index (χ3n) is 3.11. The summed E-state index contributed by atoms with van der Waals surface area (Å²) in [5.74, 6) is -2.43. The Hall–Kier alpha value is -1.83. The highest BCUT2D eigenvalue weighted by Crippen LogP contribution is 2.22. The molecule has 2 amide bonds. The van der Waals surface area contributed by atoms with Gasteiger partial charge in [0.1, 0.15) is 12.4 Å². The van der Waals surface area contributed by atoms with Crippen molar-refractivity contribution in [2.24, 2.45) is 0 Å². The normalized spacial score (nSPS) is 18.7. The summed E-state index contributed by atoms with van der Waals surface area (Å²) in [5.41, 5.74) is -0.397. The van der Waals surface area contributed by atoms with E-state index in [2.05, 4.69) is 5.32 Å². The predicted molar refractivity (Wildman–Crippen MR) is 69.9 cm³/mol. The second-order valence-electron chi connectivity index (χ2n) is 4.86. The first kappa shape index (κ1) is 16.5. The smallest absolute Gasteiger partial charge is 0.347 e. The number of carbonyl (C=O) groups is 2. The van der Waals surface area contributed by atoms with Crippen LogP contribution in [0.3, 0.4) is 0 Å². The number of benzene rings is 1. The van der Waals surface area contributed by atoms with E-state index in [0.29, 0.717) is 4.90 Å². The molecule has 4 nitrogen and oxygen atoms in total. The van der Waals surface area contributed by atoms with Crippen molar-refractivity contribution in [1.29, 1.82) is 0 Å². The van der Waals surface area contributed by atoms with Gasteiger partial charge in [0.05, 0.1) is 16.6 Å². The Morgan fingerprint density at radius 1 is 1.41 bits per heavy atom. The summed E-state index contributed by atoms with van der Waals surface area (Å²) in [6.45, 7) is -1.66. The van der Waals surface area contributed by atoms with Gasteiger partial charge in [-0.2, -0.15) is 13.2 Å². The van der Waals surface area contributed by atoms with Gasteiger partial charge in [0.25, 0.3) is 5.91 Å². The molecule has 1 saturated heterocycles. The van der Waals surface area contributed by atoms with Gasteiger partial charge in [-0.3, -0.25) is 9.59 Å². The van der Waals surface area contributed by atoms with Crippen LogP contribution in [-0.4, -0.2) is 42.0 Å². The van der Waals surface area contributed by atoms with Crippen molar-refractivity contribution in [2.75, 3.05) is 13.1 Å². The monoisotopic (exact) mass is 338 g/mol. The molecule has 1 atom stereocenters. The molecular weight excluding hydrogens is 328 g/mol. The summed E-state index contributed by atoms with van der Waals surface area (Å²) in [4.78, 5) is 24.0. The van der Waals surface area contributed by atoms with Gasteiger partial charge in [-0.25, -0.2) is 4.39 Å². The van der Waals surface area contributed by atoms with E-state index in [9.17, 15) is 27.2 Å². The minimum atomic E-state index is -4.51. The molecule has 1 aliphatic heterocycles. The van der Waals surface area contributed by atoms with Crippen molar-refractivity contribution in [3.63, 3.8) is 0 Å². The summed E-state index contributed by atoms with van der Waals surface area (Å²) in [6, 6.07) is 2.85. The summed E-state index contributed by atoms with van der Waals surface area (Å²) in [7, 11) is 0. The Bertz CT molecular complexity index is 586. The van der Waals surface area contributed by atoms with E-state index in [1.807, 2.05) is 0 Å². The molecule has 0 aliphatic carbocycles. The molecule has 1 heterocycles. The average molecular weight is 339 g/mol. The van der Waals surface area contributed by atoms with Crippen molar-refractivity contribution in [3.05, 3.63) is 34.6 Å². The summed E-state index contributed by atoms with van der Waals surface area (Å²) in [5, 5.41) is 2.21. The maximum absolute atomic E-state index is 13.6. The number of carbonyl (C=O) groups excluding carboxylic acids is 2. The summed E-state index contributed by atoms with van der Waals surface area (Å²) >= 11 is 5.73. The van der Waals surface area contributed by atoms with Crippen molar-refractivity contribution in [1.82, 2.24) is 10.2 Å². The van der Waals surface area contributed by atoms with Crippen molar-refractivity contribution in [3.8, 4) is 0 Å². The number of alkyl halides is 3. The van der Waals surface area contributed by atoms with Gasteiger partial charge in [-0.1, -0.05) is 17.7 Å². The Kier molecular flexibility index (Phi) is 4.60. The third kappa shape index (κ3) is 3.88. The van der Waals surface area contributed by atoms with Gasteiger partial charge in [0, 0.05) is 13.0 Å². The SMILES string of the molecule is O=C(N[C@H]1CC(=O)N(CC(F)(F)F)C1)c1c(F)cccc1Cl. The van der Waals surface area contributed by atoms with Gasteiger partial charge in [0.15, 0.2) is 0 Å². The van der Waals surface area contributed by atoms with E-state index in [1.54, 1.807) is 0 Å². The number of hydrogen-bond acceptors (Lipinski definition) is 2. The Balaban J connectivity index is 2.03. The van der Waals surface area contributed by atoms with Crippen molar-refractivity contribution >= 4 is 23.4 Å². The molecule has 0 saturated carbocycles. The highest BCUT2D eigenvalue weighted by atomic mass is 35.5. The third-order valence-corrected chi connectivity index (χ3v) is 3.42. The molecule has 0 radical (unpaired) electrons. The predicted octanol–water partition coefficient (Wildman–Crippen LogP) is 2.37. The molecule has 2 rings (SSSR count). The van der Waals surface area contributed by atoms with E-state index >= 15 is 0 Å². The van der Waals surface area contributed by atoms with E-state index in [1.165, 1.54) is 12.1 Å². The van der Waals surface area contributed by atoms with Crippen LogP contribution in [0.4, 0.5) is 17.6 Å². The second kappa shape index (κ2) is 6.12. The maximum atomic E-state index is 13.6. The molecule has 1 aromatic rings. The summed E-state index contributed by atoms with van der Waals surface area (Å²) < 4.78 is 50.5. The molecule has 9 heteroatoms. The molecule has 0 aromatic heterocycles. The van der Waals surface area contributed by atoms with Crippen LogP contribution in [-0.2, 0) is 4.79 Å². The van der Waals surface area contributed by atoms with E-state index in [-0.39, 0.29) is 18.0 Å². The number of halogens is 5. The lowest BCUT2D eigenvalue weighted by atomic mass is 10.1. The zero-order chi connectivity index (χ0) is 16.5. The van der Waals surface area contributed by atoms with Crippen molar-refractivity contribution in [2.45, 2.75) is 18.6 Å². The number of likely N-dealkylation sites (tertiary alicyclic amines) is 1. The Morgan fingerprint density at radius 3 is 2.68 bits per heavy atom. The first-order chi connectivity index (χ1) is 10.2. The molecule has 0 spiro atoms. The Labute approximate surface area is 128 Å². The topological polar surface area (TPSA) is 49.4 Å². The standard InChI is InChI=1S/C13H11ClF4N2O2/c14-8-2-1-3-9(15)11(8)12(22)19-7-4-10(21)20(5-7)6-13(16,17)18/h1-3,7H,4-6H2,(H,19,22)/t7-/m0/s1.